The van der Waals surface area contributed by atoms with Gasteiger partial charge < -0.3 is 28.8 Å². The summed E-state index contributed by atoms with van der Waals surface area (Å²) in [6.07, 6.45) is 0. The minimum absolute atomic E-state index is 0.192. The number of carbonyl (C=O) groups excluding carboxylic acids is 1. The molecule has 2 aromatic carbocycles. The van der Waals surface area contributed by atoms with Gasteiger partial charge in [-0.1, -0.05) is 23.7 Å². The van der Waals surface area contributed by atoms with Crippen LogP contribution in [0.1, 0.15) is 10.6 Å². The van der Waals surface area contributed by atoms with E-state index >= 15 is 0 Å². The van der Waals surface area contributed by atoms with Gasteiger partial charge in [0.25, 0.3) is 5.91 Å². The molecule has 1 aliphatic rings. The summed E-state index contributed by atoms with van der Waals surface area (Å²) in [5.41, 5.74) is 2.23. The van der Waals surface area contributed by atoms with Crippen molar-refractivity contribution >= 4 is 28.9 Å². The molecule has 7 nitrogen and oxygen atoms in total. The number of ether oxygens (including phenoxy) is 3. The number of nitrogens with one attached hydrogen (secondary N) is 1. The van der Waals surface area contributed by atoms with E-state index < -0.39 is 0 Å². The van der Waals surface area contributed by atoms with Gasteiger partial charge in [0.15, 0.2) is 17.3 Å². The second-order valence-electron chi connectivity index (χ2n) is 6.95. The first-order chi connectivity index (χ1) is 15.1. The summed E-state index contributed by atoms with van der Waals surface area (Å²) in [7, 11) is 3.14. The molecular formula is C23H23ClN2O5. The lowest BCUT2D eigenvalue weighted by Crippen LogP contribution is -2.36. The molecule has 1 aliphatic heterocycles. The standard InChI is InChI=1S/C23H23ClN2O5/c1-28-21-13-17(18(14-22(21)29-2)26-8-10-30-11-9-26)25-23(27)20-7-6-19(31-20)15-4-3-5-16(24)12-15/h3-7,12-14H,8-11H2,1-2H3,(H,25,27). The van der Waals surface area contributed by atoms with Crippen LogP contribution >= 0.6 is 11.6 Å². The summed E-state index contributed by atoms with van der Waals surface area (Å²) in [6, 6.07) is 14.3. The first-order valence-electron chi connectivity index (χ1n) is 9.85. The van der Waals surface area contributed by atoms with Crippen molar-refractivity contribution in [3.8, 4) is 22.8 Å². The highest BCUT2D eigenvalue weighted by Crippen LogP contribution is 2.39. The second kappa shape index (κ2) is 9.32. The molecule has 0 bridgehead atoms. The van der Waals surface area contributed by atoms with E-state index in [0.717, 1.165) is 11.3 Å². The smallest absolute Gasteiger partial charge is 0.291 e. The van der Waals surface area contributed by atoms with Gasteiger partial charge in [0.05, 0.1) is 38.8 Å². The van der Waals surface area contributed by atoms with Crippen molar-refractivity contribution in [3.05, 3.63) is 59.3 Å². The maximum absolute atomic E-state index is 13.0. The lowest BCUT2D eigenvalue weighted by Gasteiger charge is -2.31. The third kappa shape index (κ3) is 4.62. The zero-order valence-electron chi connectivity index (χ0n) is 17.3. The quantitative estimate of drug-likeness (QED) is 0.596. The Bertz CT molecular complexity index is 1080. The fourth-order valence-electron chi connectivity index (χ4n) is 3.47. The molecule has 1 fully saturated rings. The number of hydrogen-bond donors (Lipinski definition) is 1. The third-order valence-corrected chi connectivity index (χ3v) is 5.28. The van der Waals surface area contributed by atoms with Crippen LogP contribution in [0.5, 0.6) is 11.5 Å². The SMILES string of the molecule is COc1cc(NC(=O)c2ccc(-c3cccc(Cl)c3)o2)c(N2CCOCC2)cc1OC. The van der Waals surface area contributed by atoms with E-state index in [2.05, 4.69) is 10.2 Å². The van der Waals surface area contributed by atoms with Crippen molar-refractivity contribution in [2.24, 2.45) is 0 Å². The molecule has 162 valence electrons. The number of anilines is 2. The first-order valence-corrected chi connectivity index (χ1v) is 10.2. The summed E-state index contributed by atoms with van der Waals surface area (Å²) in [5.74, 6) is 1.50. The van der Waals surface area contributed by atoms with Gasteiger partial charge in [-0.05, 0) is 24.3 Å². The third-order valence-electron chi connectivity index (χ3n) is 5.04. The molecule has 0 atom stereocenters. The van der Waals surface area contributed by atoms with Crippen LogP contribution in [0, 0.1) is 0 Å². The topological polar surface area (TPSA) is 73.2 Å². The number of morpholine rings is 1. The maximum atomic E-state index is 13.0. The van der Waals surface area contributed by atoms with Gasteiger partial charge in [-0.2, -0.15) is 0 Å². The van der Waals surface area contributed by atoms with Crippen molar-refractivity contribution in [3.63, 3.8) is 0 Å². The Labute approximate surface area is 185 Å². The summed E-state index contributed by atoms with van der Waals surface area (Å²) >= 11 is 6.06. The van der Waals surface area contributed by atoms with E-state index in [-0.39, 0.29) is 11.7 Å². The number of hydrogen-bond acceptors (Lipinski definition) is 6. The van der Waals surface area contributed by atoms with Crippen LogP contribution in [-0.2, 0) is 4.74 Å². The van der Waals surface area contributed by atoms with Crippen molar-refractivity contribution in [1.82, 2.24) is 0 Å². The molecule has 0 aliphatic carbocycles. The Morgan fingerprint density at radius 2 is 1.77 bits per heavy atom. The largest absolute Gasteiger partial charge is 0.493 e. The molecule has 1 N–H and O–H groups in total. The molecule has 1 saturated heterocycles. The molecule has 0 saturated carbocycles. The minimum atomic E-state index is -0.366. The van der Waals surface area contributed by atoms with Crippen LogP contribution in [0.3, 0.4) is 0 Å². The highest BCUT2D eigenvalue weighted by atomic mass is 35.5. The van der Waals surface area contributed by atoms with Gasteiger partial charge >= 0.3 is 0 Å². The molecular weight excluding hydrogens is 420 g/mol. The Kier molecular flexibility index (Phi) is 6.34. The molecule has 0 radical (unpaired) electrons. The van der Waals surface area contributed by atoms with E-state index in [1.165, 1.54) is 0 Å². The van der Waals surface area contributed by atoms with Gasteiger partial charge in [-0.25, -0.2) is 0 Å². The minimum Gasteiger partial charge on any atom is -0.493 e. The predicted octanol–water partition coefficient (Wildman–Crippen LogP) is 4.71. The van der Waals surface area contributed by atoms with Crippen molar-refractivity contribution in [2.75, 3.05) is 50.7 Å². The van der Waals surface area contributed by atoms with Gasteiger partial charge in [-0.3, -0.25) is 4.79 Å². The Balaban J connectivity index is 1.62. The first kappa shape index (κ1) is 21.1. The number of furan rings is 1. The summed E-state index contributed by atoms with van der Waals surface area (Å²) in [4.78, 5) is 15.1. The number of carbonyl (C=O) groups is 1. The zero-order valence-corrected chi connectivity index (χ0v) is 18.1. The molecule has 1 amide bonds. The maximum Gasteiger partial charge on any atom is 0.291 e. The van der Waals surface area contributed by atoms with Gasteiger partial charge in [0.2, 0.25) is 0 Å². The average Bonchev–Trinajstić information content (AvgIpc) is 3.30. The number of benzene rings is 2. The highest BCUT2D eigenvalue weighted by Gasteiger charge is 2.21. The van der Waals surface area contributed by atoms with Gasteiger partial charge in [-0.15, -0.1) is 0 Å². The molecule has 4 rings (SSSR count). The normalized spacial score (nSPS) is 13.7. The Morgan fingerprint density at radius 1 is 1.03 bits per heavy atom. The van der Waals surface area contributed by atoms with E-state index in [9.17, 15) is 4.79 Å². The van der Waals surface area contributed by atoms with Gasteiger partial charge in [0, 0.05) is 35.8 Å². The fourth-order valence-corrected chi connectivity index (χ4v) is 3.67. The Hall–Kier alpha value is -3.16. The molecule has 3 aromatic rings. The number of halogens is 1. The Morgan fingerprint density at radius 3 is 2.48 bits per heavy atom. The van der Waals surface area contributed by atoms with E-state index in [1.807, 2.05) is 18.2 Å². The van der Waals surface area contributed by atoms with Crippen LogP contribution < -0.4 is 19.7 Å². The second-order valence-corrected chi connectivity index (χ2v) is 7.39. The van der Waals surface area contributed by atoms with Crippen LogP contribution in [0.15, 0.2) is 52.9 Å². The summed E-state index contributed by atoms with van der Waals surface area (Å²) in [6.45, 7) is 2.64. The lowest BCUT2D eigenvalue weighted by atomic mass is 10.2. The molecule has 0 spiro atoms. The molecule has 8 heteroatoms. The average molecular weight is 443 g/mol. The monoisotopic (exact) mass is 442 g/mol. The van der Waals surface area contributed by atoms with E-state index in [4.69, 9.17) is 30.2 Å². The number of rotatable bonds is 6. The van der Waals surface area contributed by atoms with Crippen LogP contribution in [0.2, 0.25) is 5.02 Å². The van der Waals surface area contributed by atoms with E-state index in [0.29, 0.717) is 54.3 Å². The number of nitrogens with zero attached hydrogens (tertiary/aromatic N) is 1. The summed E-state index contributed by atoms with van der Waals surface area (Å²) in [5, 5.41) is 3.55. The number of methoxy groups -OCH3 is 2. The summed E-state index contributed by atoms with van der Waals surface area (Å²) < 4.78 is 22.1. The van der Waals surface area contributed by atoms with Gasteiger partial charge in [0.1, 0.15) is 5.76 Å². The molecule has 0 unspecified atom stereocenters. The highest BCUT2D eigenvalue weighted by molar-refractivity contribution is 6.30. The van der Waals surface area contributed by atoms with E-state index in [1.54, 1.807) is 44.6 Å². The van der Waals surface area contributed by atoms with Crippen LogP contribution in [0.4, 0.5) is 11.4 Å². The molecule has 2 heterocycles. The van der Waals surface area contributed by atoms with Crippen LogP contribution in [0.25, 0.3) is 11.3 Å². The zero-order chi connectivity index (χ0) is 21.8. The predicted molar refractivity (Wildman–Crippen MR) is 120 cm³/mol. The molecule has 1 aromatic heterocycles. The molecule has 31 heavy (non-hydrogen) atoms. The fraction of sp³-hybridized carbons (Fsp3) is 0.261. The lowest BCUT2D eigenvalue weighted by molar-refractivity contribution is 0.0997. The van der Waals surface area contributed by atoms with Crippen molar-refractivity contribution in [1.29, 1.82) is 0 Å². The number of amides is 1. The van der Waals surface area contributed by atoms with Crippen molar-refractivity contribution < 1.29 is 23.4 Å². The van der Waals surface area contributed by atoms with Crippen LogP contribution in [-0.4, -0.2) is 46.4 Å². The van der Waals surface area contributed by atoms with Crippen molar-refractivity contribution in [2.45, 2.75) is 0 Å².